The van der Waals surface area contributed by atoms with Crippen molar-refractivity contribution in [1.29, 1.82) is 0 Å². The van der Waals surface area contributed by atoms with Gasteiger partial charge in [0.25, 0.3) is 0 Å². The Morgan fingerprint density at radius 2 is 2.35 bits per heavy atom. The second kappa shape index (κ2) is 3.65. The smallest absolute Gasteiger partial charge is 0.154 e. The van der Waals surface area contributed by atoms with Crippen LogP contribution in [0.25, 0.3) is 0 Å². The fourth-order valence-corrected chi connectivity index (χ4v) is 3.49. The predicted molar refractivity (Wildman–Crippen MR) is 66.2 cm³/mol. The number of hydrogen-bond donors (Lipinski definition) is 1. The van der Waals surface area contributed by atoms with Gasteiger partial charge in [-0.1, -0.05) is 0 Å². The Morgan fingerprint density at radius 1 is 1.41 bits per heavy atom. The highest BCUT2D eigenvalue weighted by atomic mass is 32.1. The van der Waals surface area contributed by atoms with Crippen LogP contribution in [-0.4, -0.2) is 21.3 Å². The van der Waals surface area contributed by atoms with Crippen molar-refractivity contribution in [2.75, 3.05) is 6.54 Å². The molecule has 0 bridgehead atoms. The zero-order valence-electron chi connectivity index (χ0n) is 9.47. The maximum Gasteiger partial charge on any atom is 0.154 e. The molecular formula is C12H14N4S. The summed E-state index contributed by atoms with van der Waals surface area (Å²) in [5.41, 5.74) is 1.40. The van der Waals surface area contributed by atoms with Crippen LogP contribution in [0, 0.1) is 0 Å². The average Bonchev–Trinajstić information content (AvgIpc) is 2.92. The Bertz CT molecular complexity index is 540. The zero-order chi connectivity index (χ0) is 11.2. The van der Waals surface area contributed by atoms with Crippen LogP contribution < -0.4 is 5.32 Å². The molecule has 1 N–H and O–H groups in total. The van der Waals surface area contributed by atoms with E-state index >= 15 is 0 Å². The quantitative estimate of drug-likeness (QED) is 0.880. The van der Waals surface area contributed by atoms with E-state index < -0.39 is 0 Å². The summed E-state index contributed by atoms with van der Waals surface area (Å²) < 4.78 is 2.25. The number of thiophene rings is 1. The van der Waals surface area contributed by atoms with Gasteiger partial charge in [0, 0.05) is 17.5 Å². The molecule has 3 heterocycles. The second-order valence-electron chi connectivity index (χ2n) is 4.76. The summed E-state index contributed by atoms with van der Waals surface area (Å²) in [6.45, 7) is 1.04. The first-order valence-electron chi connectivity index (χ1n) is 6.12. The molecule has 0 aromatic carbocycles. The molecule has 0 radical (unpaired) electrons. The highest BCUT2D eigenvalue weighted by Gasteiger charge is 2.31. The van der Waals surface area contributed by atoms with Gasteiger partial charge in [-0.3, -0.25) is 0 Å². The van der Waals surface area contributed by atoms with Crippen molar-refractivity contribution in [3.63, 3.8) is 0 Å². The van der Waals surface area contributed by atoms with Gasteiger partial charge in [-0.05, 0) is 36.3 Å². The molecule has 4 nitrogen and oxygen atoms in total. The summed E-state index contributed by atoms with van der Waals surface area (Å²) in [4.78, 5) is 1.50. The number of nitrogens with one attached hydrogen (secondary N) is 1. The topological polar surface area (TPSA) is 42.7 Å². The molecule has 2 aliphatic rings. The molecule has 17 heavy (non-hydrogen) atoms. The Labute approximate surface area is 104 Å². The van der Waals surface area contributed by atoms with Gasteiger partial charge in [0.05, 0.1) is 6.04 Å². The van der Waals surface area contributed by atoms with E-state index in [0.717, 1.165) is 18.8 Å². The molecule has 0 amide bonds. The second-order valence-corrected chi connectivity index (χ2v) is 5.76. The lowest BCUT2D eigenvalue weighted by molar-refractivity contribution is 0.519. The number of aromatic nitrogens is 3. The highest BCUT2D eigenvalue weighted by molar-refractivity contribution is 7.10. The minimum absolute atomic E-state index is 0.244. The number of nitrogens with zero attached hydrogens (tertiary/aromatic N) is 3. The largest absolute Gasteiger partial charge is 0.313 e. The molecule has 1 atom stereocenters. The lowest BCUT2D eigenvalue weighted by Crippen LogP contribution is -2.31. The van der Waals surface area contributed by atoms with Gasteiger partial charge in [-0.15, -0.1) is 21.5 Å². The molecule has 2 aromatic heterocycles. The first kappa shape index (κ1) is 9.79. The first-order chi connectivity index (χ1) is 8.43. The summed E-state index contributed by atoms with van der Waals surface area (Å²) in [7, 11) is 0. The Kier molecular flexibility index (Phi) is 2.10. The van der Waals surface area contributed by atoms with Crippen LogP contribution >= 0.6 is 11.3 Å². The van der Waals surface area contributed by atoms with Crippen LogP contribution in [0.5, 0.6) is 0 Å². The molecular weight excluding hydrogens is 232 g/mol. The molecule has 4 rings (SSSR count). The van der Waals surface area contributed by atoms with Crippen LogP contribution in [0.2, 0.25) is 0 Å². The third-order valence-electron chi connectivity index (χ3n) is 3.59. The monoisotopic (exact) mass is 246 g/mol. The van der Waals surface area contributed by atoms with E-state index in [0.29, 0.717) is 6.04 Å². The van der Waals surface area contributed by atoms with E-state index in [-0.39, 0.29) is 6.04 Å². The summed E-state index contributed by atoms with van der Waals surface area (Å²) in [5, 5.41) is 14.2. The lowest BCUT2D eigenvalue weighted by atomic mass is 10.0. The van der Waals surface area contributed by atoms with Gasteiger partial charge < -0.3 is 9.88 Å². The minimum atomic E-state index is 0.244. The molecule has 88 valence electrons. The number of rotatable bonds is 2. The fraction of sp³-hybridized carbons (Fsp3) is 0.500. The van der Waals surface area contributed by atoms with Gasteiger partial charge >= 0.3 is 0 Å². The lowest BCUT2D eigenvalue weighted by Gasteiger charge is -2.23. The summed E-state index contributed by atoms with van der Waals surface area (Å²) in [6, 6.07) is 3.11. The molecule has 1 unspecified atom stereocenters. The van der Waals surface area contributed by atoms with Crippen LogP contribution in [0.1, 0.15) is 41.2 Å². The van der Waals surface area contributed by atoms with Gasteiger partial charge in [0.1, 0.15) is 6.33 Å². The van der Waals surface area contributed by atoms with E-state index in [1.807, 2.05) is 17.7 Å². The van der Waals surface area contributed by atoms with Crippen molar-refractivity contribution in [3.8, 4) is 0 Å². The fourth-order valence-electron chi connectivity index (χ4n) is 2.57. The van der Waals surface area contributed by atoms with Crippen molar-refractivity contribution in [2.45, 2.75) is 31.3 Å². The van der Waals surface area contributed by atoms with E-state index in [1.54, 1.807) is 0 Å². The van der Waals surface area contributed by atoms with Crippen molar-refractivity contribution in [2.24, 2.45) is 0 Å². The van der Waals surface area contributed by atoms with Crippen LogP contribution in [-0.2, 0) is 6.42 Å². The van der Waals surface area contributed by atoms with Crippen molar-refractivity contribution in [3.05, 3.63) is 34.0 Å². The van der Waals surface area contributed by atoms with Gasteiger partial charge in [0.2, 0.25) is 0 Å². The molecule has 5 heteroatoms. The van der Waals surface area contributed by atoms with Crippen LogP contribution in [0.3, 0.4) is 0 Å². The first-order valence-corrected chi connectivity index (χ1v) is 7.00. The summed E-state index contributed by atoms with van der Waals surface area (Å²) in [6.07, 6.45) is 5.57. The summed E-state index contributed by atoms with van der Waals surface area (Å²) in [5.74, 6) is 1.09. The molecule has 2 aromatic rings. The molecule has 1 fully saturated rings. The zero-order valence-corrected chi connectivity index (χ0v) is 10.3. The van der Waals surface area contributed by atoms with E-state index in [4.69, 9.17) is 0 Å². The summed E-state index contributed by atoms with van der Waals surface area (Å²) >= 11 is 1.86. The van der Waals surface area contributed by atoms with E-state index in [2.05, 4.69) is 31.5 Å². The SMILES string of the molecule is c1cc2c(s1)CCNC2c1nncn1C1CC1. The maximum atomic E-state index is 4.33. The Morgan fingerprint density at radius 3 is 3.24 bits per heavy atom. The molecule has 0 saturated heterocycles. The van der Waals surface area contributed by atoms with Gasteiger partial charge in [0.15, 0.2) is 5.82 Å². The normalized spacial score (nSPS) is 23.6. The number of fused-ring (bicyclic) bond motifs is 1. The molecule has 0 spiro atoms. The Balaban J connectivity index is 1.78. The third-order valence-corrected chi connectivity index (χ3v) is 4.59. The van der Waals surface area contributed by atoms with Crippen LogP contribution in [0.4, 0.5) is 0 Å². The van der Waals surface area contributed by atoms with Crippen LogP contribution in [0.15, 0.2) is 17.8 Å². The molecule has 1 aliphatic carbocycles. The van der Waals surface area contributed by atoms with Gasteiger partial charge in [-0.25, -0.2) is 0 Å². The maximum absolute atomic E-state index is 4.33. The average molecular weight is 246 g/mol. The number of hydrogen-bond acceptors (Lipinski definition) is 4. The minimum Gasteiger partial charge on any atom is -0.313 e. The van der Waals surface area contributed by atoms with E-state index in [9.17, 15) is 0 Å². The Hall–Kier alpha value is -1.20. The third kappa shape index (κ3) is 1.53. The standard InChI is InChI=1S/C12H14N4S/c1-2-8(1)16-7-14-15-12(16)11-9-4-6-17-10(9)3-5-13-11/h4,6-8,11,13H,1-3,5H2. The van der Waals surface area contributed by atoms with Gasteiger partial charge in [-0.2, -0.15) is 0 Å². The predicted octanol–water partition coefficient (Wildman–Crippen LogP) is 1.91. The van der Waals surface area contributed by atoms with Crippen molar-refractivity contribution in [1.82, 2.24) is 20.1 Å². The van der Waals surface area contributed by atoms with Crippen molar-refractivity contribution >= 4 is 11.3 Å². The van der Waals surface area contributed by atoms with E-state index in [1.165, 1.54) is 23.3 Å². The molecule has 1 aliphatic heterocycles. The molecule has 1 saturated carbocycles. The van der Waals surface area contributed by atoms with Crippen molar-refractivity contribution < 1.29 is 0 Å². The highest BCUT2D eigenvalue weighted by Crippen LogP contribution is 2.38.